The summed E-state index contributed by atoms with van der Waals surface area (Å²) in [5, 5.41) is 6.32. The van der Waals surface area contributed by atoms with Crippen LogP contribution in [-0.2, 0) is 11.2 Å². The van der Waals surface area contributed by atoms with Crippen LogP contribution in [0.25, 0.3) is 11.3 Å². The number of oxazole rings is 1. The Morgan fingerprint density at radius 1 is 1.36 bits per heavy atom. The largest absolute Gasteiger partial charge is 0.441 e. The molecule has 1 saturated heterocycles. The maximum absolute atomic E-state index is 11.8. The second kappa shape index (κ2) is 7.22. The van der Waals surface area contributed by atoms with E-state index in [4.69, 9.17) is 4.42 Å². The van der Waals surface area contributed by atoms with Crippen molar-refractivity contribution in [1.29, 1.82) is 0 Å². The molecule has 2 heterocycles. The summed E-state index contributed by atoms with van der Waals surface area (Å²) in [5.41, 5.74) is 0.998. The van der Waals surface area contributed by atoms with Crippen LogP contribution in [0, 0.1) is 0 Å². The Balaban J connectivity index is 1.45. The van der Waals surface area contributed by atoms with Crippen LogP contribution in [0.4, 0.5) is 0 Å². The minimum Gasteiger partial charge on any atom is -0.441 e. The van der Waals surface area contributed by atoms with E-state index in [-0.39, 0.29) is 5.91 Å². The molecule has 0 bridgehead atoms. The van der Waals surface area contributed by atoms with Crippen molar-refractivity contribution in [1.82, 2.24) is 15.6 Å². The van der Waals surface area contributed by atoms with Gasteiger partial charge in [0.25, 0.3) is 0 Å². The lowest BCUT2D eigenvalue weighted by Crippen LogP contribution is -2.37. The Labute approximate surface area is 130 Å². The van der Waals surface area contributed by atoms with Gasteiger partial charge >= 0.3 is 0 Å². The smallest absolute Gasteiger partial charge is 0.220 e. The summed E-state index contributed by atoms with van der Waals surface area (Å²) in [6.45, 7) is 1.76. The van der Waals surface area contributed by atoms with Crippen molar-refractivity contribution in [3.63, 3.8) is 0 Å². The van der Waals surface area contributed by atoms with Gasteiger partial charge in [0.1, 0.15) is 0 Å². The number of hydrogen-bond acceptors (Lipinski definition) is 4. The predicted octanol–water partition coefficient (Wildman–Crippen LogP) is 2.14. The molecule has 2 aromatic rings. The topological polar surface area (TPSA) is 67.2 Å². The number of nitrogens with zero attached hydrogens (tertiary/aromatic N) is 1. The van der Waals surface area contributed by atoms with E-state index in [1.54, 1.807) is 6.20 Å². The van der Waals surface area contributed by atoms with Gasteiger partial charge in [0.05, 0.1) is 6.20 Å². The van der Waals surface area contributed by atoms with Crippen LogP contribution in [0.3, 0.4) is 0 Å². The van der Waals surface area contributed by atoms with Gasteiger partial charge in [-0.05, 0) is 19.4 Å². The standard InChI is InChI=1S/C17H21N3O2/c21-16(19-11-14-7-4-10-18-14)8-9-17-20-12-15(22-17)13-5-2-1-3-6-13/h1-3,5-6,12,14,18H,4,7-11H2,(H,19,21). The molecule has 2 N–H and O–H groups in total. The normalized spacial score (nSPS) is 17.5. The molecule has 3 rings (SSSR count). The Morgan fingerprint density at radius 2 is 2.23 bits per heavy atom. The molecular formula is C17H21N3O2. The first-order valence-corrected chi connectivity index (χ1v) is 7.81. The summed E-state index contributed by atoms with van der Waals surface area (Å²) in [4.78, 5) is 16.1. The number of carbonyl (C=O) groups is 1. The highest BCUT2D eigenvalue weighted by atomic mass is 16.4. The molecule has 1 aromatic carbocycles. The second-order valence-electron chi connectivity index (χ2n) is 5.58. The van der Waals surface area contributed by atoms with E-state index in [0.717, 1.165) is 24.3 Å². The molecule has 1 aromatic heterocycles. The molecule has 0 saturated carbocycles. The molecule has 5 nitrogen and oxygen atoms in total. The van der Waals surface area contributed by atoms with Crippen molar-refractivity contribution in [3.8, 4) is 11.3 Å². The molecule has 1 aliphatic rings. The summed E-state index contributed by atoms with van der Waals surface area (Å²) < 4.78 is 5.69. The first kappa shape index (κ1) is 14.8. The third-order valence-electron chi connectivity index (χ3n) is 3.89. The van der Waals surface area contributed by atoms with Crippen LogP contribution < -0.4 is 10.6 Å². The van der Waals surface area contributed by atoms with Gasteiger partial charge in [0.15, 0.2) is 11.7 Å². The van der Waals surface area contributed by atoms with Crippen LogP contribution in [0.1, 0.15) is 25.2 Å². The fourth-order valence-corrected chi connectivity index (χ4v) is 2.64. The van der Waals surface area contributed by atoms with Gasteiger partial charge in [-0.1, -0.05) is 30.3 Å². The molecule has 1 atom stereocenters. The molecule has 5 heteroatoms. The molecule has 0 spiro atoms. The number of aryl methyl sites for hydroxylation is 1. The quantitative estimate of drug-likeness (QED) is 0.857. The van der Waals surface area contributed by atoms with Gasteiger partial charge in [-0.2, -0.15) is 0 Å². The third kappa shape index (κ3) is 3.95. The minimum atomic E-state index is 0.0492. The van der Waals surface area contributed by atoms with Crippen molar-refractivity contribution in [2.45, 2.75) is 31.7 Å². The highest BCUT2D eigenvalue weighted by molar-refractivity contribution is 5.76. The van der Waals surface area contributed by atoms with E-state index < -0.39 is 0 Å². The van der Waals surface area contributed by atoms with Crippen molar-refractivity contribution in [2.75, 3.05) is 13.1 Å². The zero-order chi connectivity index (χ0) is 15.2. The number of hydrogen-bond donors (Lipinski definition) is 2. The second-order valence-corrected chi connectivity index (χ2v) is 5.58. The van der Waals surface area contributed by atoms with E-state index in [0.29, 0.717) is 31.3 Å². The number of amides is 1. The molecular weight excluding hydrogens is 278 g/mol. The van der Waals surface area contributed by atoms with Crippen LogP contribution >= 0.6 is 0 Å². The van der Waals surface area contributed by atoms with Gasteiger partial charge < -0.3 is 15.1 Å². The Hall–Kier alpha value is -2.14. The fourth-order valence-electron chi connectivity index (χ4n) is 2.64. The maximum atomic E-state index is 11.8. The maximum Gasteiger partial charge on any atom is 0.220 e. The van der Waals surface area contributed by atoms with Gasteiger partial charge in [-0.15, -0.1) is 0 Å². The number of benzene rings is 1. The van der Waals surface area contributed by atoms with Crippen LogP contribution in [-0.4, -0.2) is 30.0 Å². The number of aromatic nitrogens is 1. The first-order valence-electron chi connectivity index (χ1n) is 7.81. The molecule has 22 heavy (non-hydrogen) atoms. The summed E-state index contributed by atoms with van der Waals surface area (Å²) in [7, 11) is 0. The van der Waals surface area contributed by atoms with E-state index in [2.05, 4.69) is 15.6 Å². The number of rotatable bonds is 6. The summed E-state index contributed by atoms with van der Waals surface area (Å²) in [6.07, 6.45) is 4.98. The third-order valence-corrected chi connectivity index (χ3v) is 3.89. The van der Waals surface area contributed by atoms with Crippen LogP contribution in [0.15, 0.2) is 40.9 Å². The van der Waals surface area contributed by atoms with Crippen LogP contribution in [0.5, 0.6) is 0 Å². The van der Waals surface area contributed by atoms with Gasteiger partial charge in [0, 0.05) is 31.0 Å². The molecule has 1 amide bonds. The van der Waals surface area contributed by atoms with Gasteiger partial charge in [0.2, 0.25) is 5.91 Å². The van der Waals surface area contributed by atoms with Crippen molar-refractivity contribution in [3.05, 3.63) is 42.4 Å². The minimum absolute atomic E-state index is 0.0492. The predicted molar refractivity (Wildman–Crippen MR) is 84.3 cm³/mol. The van der Waals surface area contributed by atoms with Crippen LogP contribution in [0.2, 0.25) is 0 Å². The van der Waals surface area contributed by atoms with Crippen molar-refractivity contribution < 1.29 is 9.21 Å². The van der Waals surface area contributed by atoms with Crippen molar-refractivity contribution >= 4 is 5.91 Å². The zero-order valence-electron chi connectivity index (χ0n) is 12.5. The molecule has 1 unspecified atom stereocenters. The average Bonchev–Trinajstić information content (AvgIpc) is 3.23. The SMILES string of the molecule is O=C(CCc1ncc(-c2ccccc2)o1)NCC1CCCN1. The summed E-state index contributed by atoms with van der Waals surface area (Å²) >= 11 is 0. The molecule has 1 aliphatic heterocycles. The number of nitrogens with one attached hydrogen (secondary N) is 2. The lowest BCUT2D eigenvalue weighted by Gasteiger charge is -2.10. The van der Waals surface area contributed by atoms with Gasteiger partial charge in [-0.25, -0.2) is 4.98 Å². The molecule has 116 valence electrons. The summed E-state index contributed by atoms with van der Waals surface area (Å²) in [6, 6.07) is 10.3. The highest BCUT2D eigenvalue weighted by Gasteiger charge is 2.15. The monoisotopic (exact) mass is 299 g/mol. The Bertz CT molecular complexity index is 603. The number of carbonyl (C=O) groups excluding carboxylic acids is 1. The first-order chi connectivity index (χ1) is 10.8. The van der Waals surface area contributed by atoms with Crippen molar-refractivity contribution in [2.24, 2.45) is 0 Å². The van der Waals surface area contributed by atoms with E-state index >= 15 is 0 Å². The van der Waals surface area contributed by atoms with Gasteiger partial charge in [-0.3, -0.25) is 4.79 Å². The highest BCUT2D eigenvalue weighted by Crippen LogP contribution is 2.20. The Kier molecular flexibility index (Phi) is 4.85. The average molecular weight is 299 g/mol. The zero-order valence-corrected chi connectivity index (χ0v) is 12.5. The fraction of sp³-hybridized carbons (Fsp3) is 0.412. The Morgan fingerprint density at radius 3 is 3.00 bits per heavy atom. The van der Waals surface area contributed by atoms with E-state index in [1.165, 1.54) is 6.42 Å². The molecule has 1 fully saturated rings. The van der Waals surface area contributed by atoms with E-state index in [9.17, 15) is 4.79 Å². The molecule has 0 radical (unpaired) electrons. The lowest BCUT2D eigenvalue weighted by atomic mass is 10.2. The summed E-state index contributed by atoms with van der Waals surface area (Å²) in [5.74, 6) is 1.40. The van der Waals surface area contributed by atoms with E-state index in [1.807, 2.05) is 30.3 Å². The lowest BCUT2D eigenvalue weighted by molar-refractivity contribution is -0.121. The molecule has 0 aliphatic carbocycles.